The number of hydrogen-bond donors (Lipinski definition) is 1. The summed E-state index contributed by atoms with van der Waals surface area (Å²) < 4.78 is 0. The van der Waals surface area contributed by atoms with Gasteiger partial charge < -0.3 is 10.2 Å². The summed E-state index contributed by atoms with van der Waals surface area (Å²) in [6.07, 6.45) is 6.05. The van der Waals surface area contributed by atoms with Crippen LogP contribution in [0, 0.1) is 6.92 Å². The minimum atomic E-state index is -0.541. The predicted octanol–water partition coefficient (Wildman–Crippen LogP) is 6.79. The van der Waals surface area contributed by atoms with Crippen LogP contribution in [0.1, 0.15) is 62.1 Å². The molecule has 2 amide bonds. The summed E-state index contributed by atoms with van der Waals surface area (Å²) >= 11 is 14.1. The van der Waals surface area contributed by atoms with Gasteiger partial charge >= 0.3 is 0 Å². The van der Waals surface area contributed by atoms with Crippen molar-refractivity contribution in [1.82, 2.24) is 10.2 Å². The fourth-order valence-electron chi connectivity index (χ4n) is 4.44. The van der Waals surface area contributed by atoms with E-state index in [1.807, 2.05) is 19.1 Å². The summed E-state index contributed by atoms with van der Waals surface area (Å²) in [4.78, 5) is 28.4. The minimum Gasteiger partial charge on any atom is -0.352 e. The predicted molar refractivity (Wildman–Crippen MR) is 143 cm³/mol. The number of nitrogens with zero attached hydrogens (tertiary/aromatic N) is 1. The van der Waals surface area contributed by atoms with Crippen LogP contribution in [-0.4, -0.2) is 34.6 Å². The molecule has 0 aliphatic heterocycles. The molecule has 1 aliphatic carbocycles. The number of carbonyl (C=O) groups is 2. The van der Waals surface area contributed by atoms with E-state index in [-0.39, 0.29) is 24.4 Å². The monoisotopic (exact) mass is 520 g/mol. The summed E-state index contributed by atoms with van der Waals surface area (Å²) in [5.74, 6) is 0.909. The van der Waals surface area contributed by atoms with Crippen LogP contribution in [0.25, 0.3) is 0 Å². The van der Waals surface area contributed by atoms with Gasteiger partial charge in [-0.25, -0.2) is 0 Å². The molecular weight excluding hydrogens is 487 g/mol. The van der Waals surface area contributed by atoms with Crippen LogP contribution in [0.2, 0.25) is 10.0 Å². The van der Waals surface area contributed by atoms with Crippen LogP contribution < -0.4 is 5.32 Å². The van der Waals surface area contributed by atoms with Crippen molar-refractivity contribution in [3.05, 3.63) is 69.2 Å². The lowest BCUT2D eigenvalue weighted by Gasteiger charge is -2.33. The quantitative estimate of drug-likeness (QED) is 0.375. The molecule has 1 aliphatic rings. The van der Waals surface area contributed by atoms with Crippen LogP contribution in [-0.2, 0) is 21.9 Å². The van der Waals surface area contributed by atoms with E-state index in [1.54, 1.807) is 28.8 Å². The molecule has 0 heterocycles. The Kier molecular flexibility index (Phi) is 10.6. The normalized spacial score (nSPS) is 15.1. The van der Waals surface area contributed by atoms with E-state index in [9.17, 15) is 9.59 Å². The average Bonchev–Trinajstić information content (AvgIpc) is 2.81. The SMILES string of the molecule is CC[C@H](C(=O)NC1CCCCC1)N(Cc1ccc(Cl)cc1Cl)C(=O)CSCc1cccc(C)c1. The number of nitrogens with one attached hydrogen (secondary N) is 1. The minimum absolute atomic E-state index is 0.0608. The standard InChI is InChI=1S/C27H34Cl2N2O2S/c1-3-25(27(33)30-23-10-5-4-6-11-23)31(16-21-12-13-22(28)15-24(21)29)26(32)18-34-17-20-9-7-8-19(2)14-20/h7-9,12-15,23,25H,3-6,10-11,16-18H2,1-2H3,(H,30,33)/t25-/m1/s1. The van der Waals surface area contributed by atoms with Crippen molar-refractivity contribution < 1.29 is 9.59 Å². The molecule has 0 saturated heterocycles. The zero-order valence-electron chi connectivity index (χ0n) is 20.0. The summed E-state index contributed by atoms with van der Waals surface area (Å²) in [5, 5.41) is 4.25. The van der Waals surface area contributed by atoms with Gasteiger partial charge in [0.05, 0.1) is 5.75 Å². The molecule has 2 aromatic carbocycles. The second-order valence-electron chi connectivity index (χ2n) is 9.01. The van der Waals surface area contributed by atoms with Crippen LogP contribution in [0.4, 0.5) is 0 Å². The number of hydrogen-bond acceptors (Lipinski definition) is 3. The summed E-state index contributed by atoms with van der Waals surface area (Å²) in [5.41, 5.74) is 3.17. The van der Waals surface area contributed by atoms with Crippen molar-refractivity contribution in [3.8, 4) is 0 Å². The lowest BCUT2D eigenvalue weighted by Crippen LogP contribution is -2.52. The highest BCUT2D eigenvalue weighted by atomic mass is 35.5. The molecule has 0 radical (unpaired) electrons. The fraction of sp³-hybridized carbons (Fsp3) is 0.481. The first-order valence-electron chi connectivity index (χ1n) is 12.0. The Morgan fingerprint density at radius 1 is 1.12 bits per heavy atom. The van der Waals surface area contributed by atoms with Crippen molar-refractivity contribution in [3.63, 3.8) is 0 Å². The first-order chi connectivity index (χ1) is 16.4. The van der Waals surface area contributed by atoms with Crippen molar-refractivity contribution >= 4 is 46.8 Å². The van der Waals surface area contributed by atoms with E-state index >= 15 is 0 Å². The Bertz CT molecular complexity index is 979. The number of halogens is 2. The number of amides is 2. The first-order valence-corrected chi connectivity index (χ1v) is 14.0. The maximum atomic E-state index is 13.4. The van der Waals surface area contributed by atoms with E-state index in [2.05, 4.69) is 30.4 Å². The molecule has 7 heteroatoms. The lowest BCUT2D eigenvalue weighted by atomic mass is 9.95. The van der Waals surface area contributed by atoms with E-state index in [0.29, 0.717) is 22.2 Å². The molecule has 34 heavy (non-hydrogen) atoms. The van der Waals surface area contributed by atoms with Gasteiger partial charge in [0, 0.05) is 28.4 Å². The summed E-state index contributed by atoms with van der Waals surface area (Å²) in [6, 6.07) is 13.2. The Labute approximate surface area is 217 Å². The fourth-order valence-corrected chi connectivity index (χ4v) is 5.76. The number of thioether (sulfide) groups is 1. The second kappa shape index (κ2) is 13.4. The van der Waals surface area contributed by atoms with Gasteiger partial charge in [-0.15, -0.1) is 11.8 Å². The molecule has 1 fully saturated rings. The smallest absolute Gasteiger partial charge is 0.243 e. The van der Waals surface area contributed by atoms with Gasteiger partial charge in [-0.1, -0.05) is 85.3 Å². The molecule has 0 bridgehead atoms. The van der Waals surface area contributed by atoms with Crippen molar-refractivity contribution in [1.29, 1.82) is 0 Å². The van der Waals surface area contributed by atoms with Crippen LogP contribution in [0.15, 0.2) is 42.5 Å². The van der Waals surface area contributed by atoms with Gasteiger partial charge in [0.25, 0.3) is 0 Å². The van der Waals surface area contributed by atoms with Gasteiger partial charge in [-0.2, -0.15) is 0 Å². The number of aryl methyl sites for hydroxylation is 1. The van der Waals surface area contributed by atoms with Crippen molar-refractivity contribution in [2.24, 2.45) is 0 Å². The van der Waals surface area contributed by atoms with Gasteiger partial charge in [0.2, 0.25) is 11.8 Å². The van der Waals surface area contributed by atoms with E-state index < -0.39 is 6.04 Å². The zero-order chi connectivity index (χ0) is 24.5. The topological polar surface area (TPSA) is 49.4 Å². The maximum absolute atomic E-state index is 13.4. The highest BCUT2D eigenvalue weighted by Crippen LogP contribution is 2.25. The maximum Gasteiger partial charge on any atom is 0.243 e. The third kappa shape index (κ3) is 7.93. The van der Waals surface area contributed by atoms with Crippen LogP contribution in [0.3, 0.4) is 0 Å². The molecule has 1 atom stereocenters. The number of benzene rings is 2. The zero-order valence-corrected chi connectivity index (χ0v) is 22.3. The largest absolute Gasteiger partial charge is 0.352 e. The molecule has 3 rings (SSSR count). The summed E-state index contributed by atoms with van der Waals surface area (Å²) in [7, 11) is 0. The van der Waals surface area contributed by atoms with Crippen molar-refractivity contribution in [2.45, 2.75) is 76.8 Å². The molecule has 1 saturated carbocycles. The molecule has 2 aromatic rings. The van der Waals surface area contributed by atoms with Crippen LogP contribution >= 0.6 is 35.0 Å². The Morgan fingerprint density at radius 3 is 2.56 bits per heavy atom. The van der Waals surface area contributed by atoms with E-state index in [0.717, 1.165) is 37.0 Å². The third-order valence-electron chi connectivity index (χ3n) is 6.27. The van der Waals surface area contributed by atoms with Crippen molar-refractivity contribution in [2.75, 3.05) is 5.75 Å². The highest BCUT2D eigenvalue weighted by molar-refractivity contribution is 7.99. The van der Waals surface area contributed by atoms with Gasteiger partial charge in [0.1, 0.15) is 6.04 Å². The number of rotatable bonds is 10. The summed E-state index contributed by atoms with van der Waals surface area (Å²) in [6.45, 7) is 4.29. The Morgan fingerprint density at radius 2 is 1.88 bits per heavy atom. The molecule has 184 valence electrons. The molecule has 0 unspecified atom stereocenters. The third-order valence-corrected chi connectivity index (χ3v) is 7.85. The number of carbonyl (C=O) groups excluding carboxylic acids is 2. The Hall–Kier alpha value is -1.69. The van der Waals surface area contributed by atoms with Crippen LogP contribution in [0.5, 0.6) is 0 Å². The molecular formula is C27H34Cl2N2O2S. The average molecular weight is 522 g/mol. The van der Waals surface area contributed by atoms with E-state index in [1.165, 1.54) is 17.5 Å². The first kappa shape index (κ1) is 26.9. The highest BCUT2D eigenvalue weighted by Gasteiger charge is 2.30. The van der Waals surface area contributed by atoms with Gasteiger partial charge in [0.15, 0.2) is 0 Å². The second-order valence-corrected chi connectivity index (χ2v) is 10.8. The molecule has 1 N–H and O–H groups in total. The molecule has 4 nitrogen and oxygen atoms in total. The molecule has 0 aromatic heterocycles. The van der Waals surface area contributed by atoms with Gasteiger partial charge in [-0.05, 0) is 49.4 Å². The van der Waals surface area contributed by atoms with E-state index in [4.69, 9.17) is 23.2 Å². The molecule has 0 spiro atoms. The Balaban J connectivity index is 1.73. The van der Waals surface area contributed by atoms with Gasteiger partial charge in [-0.3, -0.25) is 9.59 Å². The lowest BCUT2D eigenvalue weighted by molar-refractivity contribution is -0.139.